The molecule has 4 heteroatoms. The van der Waals surface area contributed by atoms with E-state index in [-0.39, 0.29) is 0 Å². The molecule has 3 rings (SSSR count). The molecule has 0 aliphatic heterocycles. The van der Waals surface area contributed by atoms with Crippen LogP contribution >= 0.6 is 0 Å². The van der Waals surface area contributed by atoms with Gasteiger partial charge < -0.3 is 9.64 Å². The van der Waals surface area contributed by atoms with Crippen molar-refractivity contribution in [1.82, 2.24) is 9.38 Å². The second kappa shape index (κ2) is 5.35. The van der Waals surface area contributed by atoms with Crippen LogP contribution in [0.4, 0.5) is 5.82 Å². The summed E-state index contributed by atoms with van der Waals surface area (Å²) in [6.45, 7) is 6.05. The molecule has 0 N–H and O–H groups in total. The lowest BCUT2D eigenvalue weighted by atomic mass is 10.3. The van der Waals surface area contributed by atoms with Crippen LogP contribution in [-0.4, -0.2) is 29.6 Å². The molecule has 0 atom stereocenters. The number of aromatic nitrogens is 2. The molecular weight excluding hydrogens is 250 g/mol. The van der Waals surface area contributed by atoms with Crippen LogP contribution in [0.25, 0.3) is 5.65 Å². The minimum absolute atomic E-state index is 0.735. The fourth-order valence-electron chi connectivity index (χ4n) is 2.70. The van der Waals surface area contributed by atoms with E-state index in [2.05, 4.69) is 36.4 Å². The number of hydrogen-bond acceptors (Lipinski definition) is 3. The highest BCUT2D eigenvalue weighted by atomic mass is 16.5. The van der Waals surface area contributed by atoms with E-state index >= 15 is 0 Å². The predicted octanol–water partition coefficient (Wildman–Crippen LogP) is 3.28. The fraction of sp³-hybridized carbons (Fsp3) is 0.562. The Hall–Kier alpha value is -1.71. The van der Waals surface area contributed by atoms with Gasteiger partial charge in [0.1, 0.15) is 5.82 Å². The maximum atomic E-state index is 5.81. The van der Waals surface area contributed by atoms with E-state index in [1.807, 2.05) is 12.1 Å². The molecule has 2 heterocycles. The average Bonchev–Trinajstić information content (AvgIpc) is 3.16. The Bertz CT molecular complexity index is 601. The molecule has 0 spiro atoms. The van der Waals surface area contributed by atoms with Crippen molar-refractivity contribution in [2.24, 2.45) is 5.92 Å². The topological polar surface area (TPSA) is 29.8 Å². The smallest absolute Gasteiger partial charge is 0.181 e. The van der Waals surface area contributed by atoms with Crippen LogP contribution in [0, 0.1) is 12.8 Å². The number of hydrogen-bond donors (Lipinski definition) is 0. The summed E-state index contributed by atoms with van der Waals surface area (Å²) in [5.41, 5.74) is 2.00. The minimum Gasteiger partial charge on any atom is -0.490 e. The first-order valence-electron chi connectivity index (χ1n) is 7.52. The number of pyridine rings is 1. The zero-order valence-electron chi connectivity index (χ0n) is 12.6. The highest BCUT2D eigenvalue weighted by molar-refractivity contribution is 5.63. The summed E-state index contributed by atoms with van der Waals surface area (Å²) in [6.07, 6.45) is 5.82. The highest BCUT2D eigenvalue weighted by Gasteiger charge is 2.25. The number of aryl methyl sites for hydroxylation is 1. The molecule has 2 aromatic rings. The van der Waals surface area contributed by atoms with Crippen LogP contribution in [0.15, 0.2) is 18.3 Å². The molecule has 0 aromatic carbocycles. The second-order valence-corrected chi connectivity index (χ2v) is 5.76. The Morgan fingerprint density at radius 1 is 1.45 bits per heavy atom. The molecule has 1 saturated carbocycles. The van der Waals surface area contributed by atoms with Gasteiger partial charge in [-0.1, -0.05) is 6.92 Å². The molecule has 0 amide bonds. The van der Waals surface area contributed by atoms with Crippen molar-refractivity contribution in [2.45, 2.75) is 33.1 Å². The van der Waals surface area contributed by atoms with Crippen molar-refractivity contribution < 1.29 is 4.74 Å². The van der Waals surface area contributed by atoms with Crippen LogP contribution < -0.4 is 9.64 Å². The van der Waals surface area contributed by atoms with Crippen LogP contribution in [0.3, 0.4) is 0 Å². The van der Waals surface area contributed by atoms with Crippen LogP contribution in [-0.2, 0) is 0 Å². The van der Waals surface area contributed by atoms with E-state index in [1.54, 1.807) is 0 Å². The van der Waals surface area contributed by atoms with Gasteiger partial charge in [-0.2, -0.15) is 0 Å². The third-order valence-corrected chi connectivity index (χ3v) is 3.81. The lowest BCUT2D eigenvalue weighted by Crippen LogP contribution is -2.22. The molecule has 4 nitrogen and oxygen atoms in total. The van der Waals surface area contributed by atoms with Crippen LogP contribution in [0.1, 0.15) is 31.9 Å². The molecule has 2 aromatic heterocycles. The molecule has 1 aliphatic rings. The summed E-state index contributed by atoms with van der Waals surface area (Å²) in [5.74, 6) is 2.93. The molecular formula is C16H23N3O. The molecule has 1 aliphatic carbocycles. The summed E-state index contributed by atoms with van der Waals surface area (Å²) in [4.78, 5) is 7.04. The third-order valence-electron chi connectivity index (χ3n) is 3.81. The summed E-state index contributed by atoms with van der Waals surface area (Å²) < 4.78 is 7.96. The molecule has 0 saturated heterocycles. The third kappa shape index (κ3) is 2.47. The van der Waals surface area contributed by atoms with E-state index in [1.165, 1.54) is 18.7 Å². The quantitative estimate of drug-likeness (QED) is 0.809. The Balaban J connectivity index is 1.97. The van der Waals surface area contributed by atoms with Crippen molar-refractivity contribution in [3.63, 3.8) is 0 Å². The maximum Gasteiger partial charge on any atom is 0.181 e. The Morgan fingerprint density at radius 2 is 2.25 bits per heavy atom. The van der Waals surface area contributed by atoms with Crippen molar-refractivity contribution in [3.8, 4) is 5.75 Å². The summed E-state index contributed by atoms with van der Waals surface area (Å²) >= 11 is 0. The van der Waals surface area contributed by atoms with E-state index in [9.17, 15) is 0 Å². The molecule has 20 heavy (non-hydrogen) atoms. The van der Waals surface area contributed by atoms with Gasteiger partial charge in [0.15, 0.2) is 11.4 Å². The number of fused-ring (bicyclic) bond motifs is 1. The van der Waals surface area contributed by atoms with E-state index in [0.717, 1.165) is 42.6 Å². The highest BCUT2D eigenvalue weighted by Crippen LogP contribution is 2.33. The van der Waals surface area contributed by atoms with Gasteiger partial charge in [-0.25, -0.2) is 4.98 Å². The molecule has 0 unspecified atom stereocenters. The normalized spacial score (nSPS) is 14.8. The largest absolute Gasteiger partial charge is 0.490 e. The number of anilines is 1. The van der Waals surface area contributed by atoms with E-state index in [0.29, 0.717) is 0 Å². The summed E-state index contributed by atoms with van der Waals surface area (Å²) in [6, 6.07) is 4.04. The lowest BCUT2D eigenvalue weighted by molar-refractivity contribution is 0.319. The lowest BCUT2D eigenvalue weighted by Gasteiger charge is -2.19. The average molecular weight is 273 g/mol. The number of imidazole rings is 1. The SMILES string of the molecule is CCCOc1cccn2c(N(C)CC3CC3)c(C)nc12. The molecule has 108 valence electrons. The zero-order valence-corrected chi connectivity index (χ0v) is 12.6. The number of nitrogens with zero attached hydrogens (tertiary/aromatic N) is 3. The van der Waals surface area contributed by atoms with Crippen molar-refractivity contribution in [3.05, 3.63) is 24.0 Å². The fourth-order valence-corrected chi connectivity index (χ4v) is 2.70. The Morgan fingerprint density at radius 3 is 2.95 bits per heavy atom. The molecule has 0 radical (unpaired) electrons. The number of ether oxygens (including phenoxy) is 1. The zero-order chi connectivity index (χ0) is 14.1. The van der Waals surface area contributed by atoms with Gasteiger partial charge in [-0.15, -0.1) is 0 Å². The maximum absolute atomic E-state index is 5.81. The first-order valence-corrected chi connectivity index (χ1v) is 7.52. The first-order chi connectivity index (χ1) is 9.70. The Kier molecular flexibility index (Phi) is 3.55. The van der Waals surface area contributed by atoms with Crippen molar-refractivity contribution in [1.29, 1.82) is 0 Å². The van der Waals surface area contributed by atoms with Gasteiger partial charge in [0.05, 0.1) is 12.3 Å². The minimum atomic E-state index is 0.735. The Labute approximate surface area is 120 Å². The van der Waals surface area contributed by atoms with Crippen molar-refractivity contribution in [2.75, 3.05) is 25.1 Å². The van der Waals surface area contributed by atoms with Gasteiger partial charge in [0.25, 0.3) is 0 Å². The van der Waals surface area contributed by atoms with Crippen LogP contribution in [0.2, 0.25) is 0 Å². The van der Waals surface area contributed by atoms with Crippen LogP contribution in [0.5, 0.6) is 5.75 Å². The summed E-state index contributed by atoms with van der Waals surface area (Å²) in [7, 11) is 2.16. The molecule has 1 fully saturated rings. The number of rotatable bonds is 6. The molecule has 0 bridgehead atoms. The van der Waals surface area contributed by atoms with E-state index in [4.69, 9.17) is 9.72 Å². The van der Waals surface area contributed by atoms with Gasteiger partial charge in [0, 0.05) is 19.8 Å². The first kappa shape index (κ1) is 13.3. The predicted molar refractivity (Wildman–Crippen MR) is 81.7 cm³/mol. The van der Waals surface area contributed by atoms with Gasteiger partial charge in [-0.3, -0.25) is 4.40 Å². The van der Waals surface area contributed by atoms with E-state index < -0.39 is 0 Å². The van der Waals surface area contributed by atoms with Crippen molar-refractivity contribution >= 4 is 11.5 Å². The van der Waals surface area contributed by atoms with Gasteiger partial charge in [0.2, 0.25) is 0 Å². The monoisotopic (exact) mass is 273 g/mol. The second-order valence-electron chi connectivity index (χ2n) is 5.76. The van der Waals surface area contributed by atoms with Gasteiger partial charge >= 0.3 is 0 Å². The standard InChI is InChI=1S/C16H23N3O/c1-4-10-20-14-6-5-9-19-15(14)17-12(2)16(19)18(3)11-13-7-8-13/h5-6,9,13H,4,7-8,10-11H2,1-3H3. The van der Waals surface area contributed by atoms with Gasteiger partial charge in [-0.05, 0) is 44.2 Å². The summed E-state index contributed by atoms with van der Waals surface area (Å²) in [5, 5.41) is 0.